The van der Waals surface area contributed by atoms with E-state index in [0.717, 1.165) is 13.0 Å². The van der Waals surface area contributed by atoms with Crippen LogP contribution in [0.25, 0.3) is 0 Å². The van der Waals surface area contributed by atoms with Crippen molar-refractivity contribution in [3.8, 4) is 0 Å². The fraction of sp³-hybridized carbons (Fsp3) is 1.00. The zero-order valence-electron chi connectivity index (χ0n) is 8.05. The van der Waals surface area contributed by atoms with Crippen LogP contribution < -0.4 is 0 Å². The van der Waals surface area contributed by atoms with Crippen molar-refractivity contribution in [1.29, 1.82) is 0 Å². The van der Waals surface area contributed by atoms with Gasteiger partial charge in [0.15, 0.2) is 0 Å². The highest BCUT2D eigenvalue weighted by Crippen LogP contribution is 2.43. The van der Waals surface area contributed by atoms with Gasteiger partial charge in [0.2, 0.25) is 10.0 Å². The quantitative estimate of drug-likeness (QED) is 0.678. The van der Waals surface area contributed by atoms with Crippen LogP contribution in [0.4, 0.5) is 0 Å². The molecule has 0 spiro atoms. The molecule has 4 nitrogen and oxygen atoms in total. The van der Waals surface area contributed by atoms with E-state index in [1.807, 2.05) is 0 Å². The molecule has 5 heteroatoms. The molecule has 2 heterocycles. The van der Waals surface area contributed by atoms with Crippen LogP contribution in [0, 0.1) is 5.92 Å². The molecule has 0 bridgehead atoms. The summed E-state index contributed by atoms with van der Waals surface area (Å²) >= 11 is 0. The molecule has 1 aliphatic carbocycles. The van der Waals surface area contributed by atoms with E-state index in [1.54, 1.807) is 4.31 Å². The Kier molecular flexibility index (Phi) is 1.91. The van der Waals surface area contributed by atoms with Crippen LogP contribution in [0.15, 0.2) is 0 Å². The van der Waals surface area contributed by atoms with Gasteiger partial charge in [-0.25, -0.2) is 8.42 Å². The first-order valence-electron chi connectivity index (χ1n) is 5.28. The summed E-state index contributed by atoms with van der Waals surface area (Å²) < 4.78 is 30.6. The average molecular weight is 217 g/mol. The smallest absolute Gasteiger partial charge is 0.221 e. The third-order valence-corrected chi connectivity index (χ3v) is 5.76. The first-order chi connectivity index (χ1) is 6.69. The van der Waals surface area contributed by atoms with Crippen LogP contribution in [0.1, 0.15) is 19.3 Å². The van der Waals surface area contributed by atoms with E-state index in [0.29, 0.717) is 25.2 Å². The number of rotatable bonds is 3. The molecule has 0 N–H and O–H groups in total. The van der Waals surface area contributed by atoms with E-state index in [9.17, 15) is 8.42 Å². The molecule has 0 aromatic carbocycles. The van der Waals surface area contributed by atoms with Crippen LogP contribution in [0.3, 0.4) is 0 Å². The van der Waals surface area contributed by atoms with Gasteiger partial charge in [0.05, 0.1) is 13.2 Å². The Balaban J connectivity index is 1.74. The summed E-state index contributed by atoms with van der Waals surface area (Å²) in [6, 6.07) is 0.334. The maximum absolute atomic E-state index is 12.0. The second kappa shape index (κ2) is 2.93. The molecular formula is C9H15NO3S. The summed E-state index contributed by atoms with van der Waals surface area (Å²) in [5, 5.41) is -0.246. The molecule has 0 amide bonds. The summed E-state index contributed by atoms with van der Waals surface area (Å²) in [5.41, 5.74) is 0. The minimum Gasteiger partial charge on any atom is -0.378 e. The third-order valence-electron chi connectivity index (χ3n) is 3.54. The van der Waals surface area contributed by atoms with Crippen molar-refractivity contribution in [2.75, 3.05) is 19.8 Å². The summed E-state index contributed by atoms with van der Waals surface area (Å²) in [6.07, 6.45) is 3.51. The standard InChI is InChI=1S/C9H15NO3S/c11-14(12,8-5-13-6-8)10-4-3-9(10)7-1-2-7/h7-9H,1-6H2/t9-/m0/s1. The lowest BCUT2D eigenvalue weighted by atomic mass is 10.0. The van der Waals surface area contributed by atoms with Crippen LogP contribution in [-0.2, 0) is 14.8 Å². The lowest BCUT2D eigenvalue weighted by Crippen LogP contribution is -2.58. The number of ether oxygens (including phenoxy) is 1. The van der Waals surface area contributed by atoms with E-state index < -0.39 is 10.0 Å². The van der Waals surface area contributed by atoms with Crippen LogP contribution >= 0.6 is 0 Å². The van der Waals surface area contributed by atoms with Crippen molar-refractivity contribution < 1.29 is 13.2 Å². The Morgan fingerprint density at radius 2 is 1.86 bits per heavy atom. The molecule has 2 saturated heterocycles. The molecule has 14 heavy (non-hydrogen) atoms. The van der Waals surface area contributed by atoms with Gasteiger partial charge in [0.1, 0.15) is 5.25 Å². The topological polar surface area (TPSA) is 46.6 Å². The van der Waals surface area contributed by atoms with Gasteiger partial charge in [-0.1, -0.05) is 0 Å². The molecule has 3 fully saturated rings. The van der Waals surface area contributed by atoms with Crippen molar-refractivity contribution in [2.45, 2.75) is 30.6 Å². The lowest BCUT2D eigenvalue weighted by molar-refractivity contribution is 0.0355. The highest BCUT2D eigenvalue weighted by Gasteiger charge is 2.49. The van der Waals surface area contributed by atoms with Gasteiger partial charge in [-0.05, 0) is 25.2 Å². The van der Waals surface area contributed by atoms with Crippen molar-refractivity contribution >= 4 is 10.0 Å². The van der Waals surface area contributed by atoms with Gasteiger partial charge in [-0.3, -0.25) is 0 Å². The van der Waals surface area contributed by atoms with Crippen LogP contribution in [0.5, 0.6) is 0 Å². The summed E-state index contributed by atoms with van der Waals surface area (Å²) in [4.78, 5) is 0. The molecule has 0 unspecified atom stereocenters. The lowest BCUT2D eigenvalue weighted by Gasteiger charge is -2.43. The van der Waals surface area contributed by atoms with Crippen molar-refractivity contribution in [3.05, 3.63) is 0 Å². The normalized spacial score (nSPS) is 35.0. The molecule has 2 aliphatic heterocycles. The fourth-order valence-electron chi connectivity index (χ4n) is 2.23. The van der Waals surface area contributed by atoms with E-state index in [1.165, 1.54) is 12.8 Å². The third kappa shape index (κ3) is 1.22. The molecule has 1 saturated carbocycles. The highest BCUT2D eigenvalue weighted by molar-refractivity contribution is 7.89. The summed E-state index contributed by atoms with van der Waals surface area (Å²) in [6.45, 7) is 1.53. The average Bonchev–Trinajstić information content (AvgIpc) is 2.60. The van der Waals surface area contributed by atoms with Crippen LogP contribution in [-0.4, -0.2) is 43.8 Å². The monoisotopic (exact) mass is 217 g/mol. The fourth-order valence-corrected chi connectivity index (χ4v) is 4.16. The Hall–Kier alpha value is -0.130. The molecular weight excluding hydrogens is 202 g/mol. The highest BCUT2D eigenvalue weighted by atomic mass is 32.2. The molecule has 1 atom stereocenters. The minimum atomic E-state index is -3.01. The molecule has 3 rings (SSSR count). The largest absolute Gasteiger partial charge is 0.378 e. The predicted molar refractivity (Wildman–Crippen MR) is 51.4 cm³/mol. The maximum atomic E-state index is 12.0. The van der Waals surface area contributed by atoms with Gasteiger partial charge in [-0.2, -0.15) is 4.31 Å². The van der Waals surface area contributed by atoms with Crippen LogP contribution in [0.2, 0.25) is 0 Å². The number of nitrogens with zero attached hydrogens (tertiary/aromatic N) is 1. The van der Waals surface area contributed by atoms with Crippen molar-refractivity contribution in [1.82, 2.24) is 4.31 Å². The number of hydrogen-bond acceptors (Lipinski definition) is 3. The van der Waals surface area contributed by atoms with Crippen molar-refractivity contribution in [3.63, 3.8) is 0 Å². The zero-order chi connectivity index (χ0) is 9.76. The van der Waals surface area contributed by atoms with Gasteiger partial charge < -0.3 is 4.74 Å². The molecule has 0 aromatic rings. The molecule has 80 valence electrons. The maximum Gasteiger partial charge on any atom is 0.221 e. The Morgan fingerprint density at radius 1 is 1.14 bits per heavy atom. The van der Waals surface area contributed by atoms with Gasteiger partial charge in [0.25, 0.3) is 0 Å². The first kappa shape index (κ1) is 9.12. The zero-order valence-corrected chi connectivity index (χ0v) is 8.87. The Bertz CT molecular complexity index is 332. The van der Waals surface area contributed by atoms with Crippen molar-refractivity contribution in [2.24, 2.45) is 5.92 Å². The SMILES string of the molecule is O=S(=O)(C1COC1)N1CC[C@H]1C1CC1. The molecule has 3 aliphatic rings. The second-order valence-corrected chi connectivity index (χ2v) is 6.67. The molecule has 0 radical (unpaired) electrons. The molecule has 0 aromatic heterocycles. The second-order valence-electron chi connectivity index (χ2n) is 4.51. The van der Waals surface area contributed by atoms with E-state index in [-0.39, 0.29) is 5.25 Å². The van der Waals surface area contributed by atoms with E-state index in [2.05, 4.69) is 0 Å². The predicted octanol–water partition coefficient (Wildman–Crippen LogP) is 0.199. The number of hydrogen-bond donors (Lipinski definition) is 0. The van der Waals surface area contributed by atoms with E-state index in [4.69, 9.17) is 4.74 Å². The first-order valence-corrected chi connectivity index (χ1v) is 6.78. The summed E-state index contributed by atoms with van der Waals surface area (Å²) in [7, 11) is -3.01. The van der Waals surface area contributed by atoms with E-state index >= 15 is 0 Å². The summed E-state index contributed by atoms with van der Waals surface area (Å²) in [5.74, 6) is 0.666. The van der Waals surface area contributed by atoms with Gasteiger partial charge in [0, 0.05) is 12.6 Å². The minimum absolute atomic E-state index is 0.246. The Morgan fingerprint density at radius 3 is 2.21 bits per heavy atom. The van der Waals surface area contributed by atoms with Gasteiger partial charge in [-0.15, -0.1) is 0 Å². The van der Waals surface area contributed by atoms with Gasteiger partial charge >= 0.3 is 0 Å². The number of sulfonamides is 1. The Labute approximate surface area is 84.3 Å².